The third-order valence-electron chi connectivity index (χ3n) is 4.74. The van der Waals surface area contributed by atoms with E-state index in [1.807, 2.05) is 36.4 Å². The molecule has 0 bridgehead atoms. The molecule has 192 valence electrons. The van der Waals surface area contributed by atoms with Crippen molar-refractivity contribution < 1.29 is 86.7 Å². The van der Waals surface area contributed by atoms with Crippen molar-refractivity contribution in [2.45, 2.75) is 25.9 Å². The molecule has 36 heavy (non-hydrogen) atoms. The zero-order valence-corrected chi connectivity index (χ0v) is 23.8. The number of rotatable bonds is 4. The van der Waals surface area contributed by atoms with Crippen LogP contribution in [0.5, 0.6) is 0 Å². The predicted octanol–water partition coefficient (Wildman–Crippen LogP) is -5.16. The van der Waals surface area contributed by atoms with Gasteiger partial charge in [-0.05, 0) is 25.0 Å². The Morgan fingerprint density at radius 3 is 1.19 bits per heavy atom. The van der Waals surface area contributed by atoms with Crippen molar-refractivity contribution in [3.8, 4) is 0 Å². The summed E-state index contributed by atoms with van der Waals surface area (Å²) in [6, 6.07) is 20.6. The molecule has 0 radical (unpaired) electrons. The van der Waals surface area contributed by atoms with Gasteiger partial charge < -0.3 is 9.47 Å². The van der Waals surface area contributed by atoms with E-state index in [-0.39, 0.29) is 31.6 Å². The van der Waals surface area contributed by atoms with Gasteiger partial charge in [0.15, 0.2) is 11.8 Å². The second-order valence-electron chi connectivity index (χ2n) is 7.72. The minimum atomic E-state index is -4.94. The van der Waals surface area contributed by atoms with Crippen LogP contribution in [0.1, 0.15) is 37.1 Å². The molecule has 2 aromatic carbocycles. The van der Waals surface area contributed by atoms with Crippen molar-refractivity contribution in [3.05, 3.63) is 71.8 Å². The van der Waals surface area contributed by atoms with Crippen LogP contribution >= 0.6 is 0 Å². The summed E-state index contributed by atoms with van der Waals surface area (Å²) < 4.78 is 79.8. The van der Waals surface area contributed by atoms with Gasteiger partial charge in [-0.2, -0.15) is 0 Å². The van der Waals surface area contributed by atoms with Gasteiger partial charge in [0.1, 0.15) is 30.7 Å². The summed E-state index contributed by atoms with van der Waals surface area (Å²) in [7, 11) is -9.89. The Labute approximate surface area is 224 Å². The van der Waals surface area contributed by atoms with E-state index in [4.69, 9.17) is 56.7 Å². The van der Waals surface area contributed by atoms with E-state index in [9.17, 15) is 0 Å². The largest absolute Gasteiger partial charge is 2.00 e. The first-order valence-corrected chi connectivity index (χ1v) is 12.4. The van der Waals surface area contributed by atoms with Crippen LogP contribution in [0, 0.1) is 25.9 Å². The van der Waals surface area contributed by atoms with Gasteiger partial charge in [0.05, 0.1) is 0 Å². The van der Waals surface area contributed by atoms with Gasteiger partial charge in [-0.1, -0.05) is 60.7 Å². The number of halogens is 2. The molecule has 0 aliphatic carbocycles. The average molecular weight is 599 g/mol. The van der Waals surface area contributed by atoms with Gasteiger partial charge in [0.25, 0.3) is 0 Å². The van der Waals surface area contributed by atoms with Gasteiger partial charge in [0.2, 0.25) is 0 Å². The first kappa shape index (κ1) is 32.3. The van der Waals surface area contributed by atoms with Crippen molar-refractivity contribution in [3.63, 3.8) is 0 Å². The summed E-state index contributed by atoms with van der Waals surface area (Å²) >= 11 is 0. The summed E-state index contributed by atoms with van der Waals surface area (Å²) in [6.07, 6.45) is 0. The Bertz CT molecular complexity index is 908. The van der Waals surface area contributed by atoms with E-state index in [0.717, 1.165) is 0 Å². The molecule has 2 aromatic rings. The summed E-state index contributed by atoms with van der Waals surface area (Å²) in [5.74, 6) is 1.41. The molecule has 2 aliphatic rings. The fraction of sp³-hybridized carbons (Fsp3) is 0.333. The Balaban J connectivity index is 0.000000505. The molecular formula is C21H22Cl2N2O10Zn. The van der Waals surface area contributed by atoms with Gasteiger partial charge >= 0.3 is 19.5 Å². The van der Waals surface area contributed by atoms with Crippen LogP contribution in [0.4, 0.5) is 0 Å². The Hall–Kier alpha value is -1.74. The molecule has 0 spiro atoms. The van der Waals surface area contributed by atoms with Gasteiger partial charge in [-0.25, -0.2) is 47.3 Å². The molecule has 12 nitrogen and oxygen atoms in total. The van der Waals surface area contributed by atoms with E-state index >= 15 is 0 Å². The molecule has 2 heterocycles. The molecule has 4 rings (SSSR count). The van der Waals surface area contributed by atoms with Crippen molar-refractivity contribution in [2.24, 2.45) is 15.4 Å². The van der Waals surface area contributed by atoms with Crippen LogP contribution in [0.15, 0.2) is 70.6 Å². The quantitative estimate of drug-likeness (QED) is 0.304. The third kappa shape index (κ3) is 11.5. The SMILES string of the molecule is CC(C)(C1=N[C@@H](c2ccccc2)CO1)C1=N[C@@H](c2ccccc2)CO1.[O-][Cl+3]([O-])([O-])[O-].[O-][Cl+3]([O-])([O-])[O-].[Zn+2]. The summed E-state index contributed by atoms with van der Waals surface area (Å²) in [4.78, 5) is 9.61. The zero-order chi connectivity index (χ0) is 26.3. The maximum atomic E-state index is 8.49. The average Bonchev–Trinajstić information content (AvgIpc) is 3.44. The Kier molecular flexibility index (Phi) is 12.3. The number of aliphatic imine (C=N–C) groups is 2. The van der Waals surface area contributed by atoms with Gasteiger partial charge in [-0.15, -0.1) is 20.5 Å². The molecule has 0 saturated heterocycles. The second kappa shape index (κ2) is 13.7. The van der Waals surface area contributed by atoms with E-state index in [2.05, 4.69) is 38.1 Å². The summed E-state index contributed by atoms with van der Waals surface area (Å²) in [5.41, 5.74) is 1.88. The number of hydrogen-bond donors (Lipinski definition) is 0. The fourth-order valence-corrected chi connectivity index (χ4v) is 3.21. The molecule has 0 aromatic heterocycles. The topological polar surface area (TPSA) is 228 Å². The molecule has 0 fully saturated rings. The van der Waals surface area contributed by atoms with Crippen molar-refractivity contribution in [2.75, 3.05) is 13.2 Å². The first-order chi connectivity index (χ1) is 16.1. The summed E-state index contributed by atoms with van der Waals surface area (Å²) in [5, 5.41) is 0. The third-order valence-corrected chi connectivity index (χ3v) is 4.74. The number of nitrogens with zero attached hydrogens (tertiary/aromatic N) is 2. The predicted molar refractivity (Wildman–Crippen MR) is 98.9 cm³/mol. The molecule has 0 N–H and O–H groups in total. The number of hydrogen-bond acceptors (Lipinski definition) is 12. The monoisotopic (exact) mass is 596 g/mol. The smallest absolute Gasteiger partial charge is 0.478 e. The molecule has 0 amide bonds. The Morgan fingerprint density at radius 2 is 0.917 bits per heavy atom. The summed E-state index contributed by atoms with van der Waals surface area (Å²) in [6.45, 7) is 5.26. The van der Waals surface area contributed by atoms with Crippen LogP contribution < -0.4 is 37.3 Å². The minimum absolute atomic E-state index is 0. The maximum Gasteiger partial charge on any atom is 2.00 e. The van der Waals surface area contributed by atoms with Crippen LogP contribution in [0.25, 0.3) is 0 Å². The van der Waals surface area contributed by atoms with Crippen molar-refractivity contribution in [1.82, 2.24) is 0 Å². The van der Waals surface area contributed by atoms with E-state index in [1.165, 1.54) is 11.1 Å². The van der Waals surface area contributed by atoms with Crippen LogP contribution in [-0.2, 0) is 29.0 Å². The minimum Gasteiger partial charge on any atom is -0.478 e. The van der Waals surface area contributed by atoms with Crippen LogP contribution in [0.2, 0.25) is 0 Å². The molecular weight excluding hydrogens is 577 g/mol. The van der Waals surface area contributed by atoms with E-state index < -0.39 is 25.9 Å². The van der Waals surface area contributed by atoms with Crippen molar-refractivity contribution in [1.29, 1.82) is 0 Å². The van der Waals surface area contributed by atoms with E-state index in [1.54, 1.807) is 0 Å². The molecule has 0 saturated carbocycles. The molecule has 15 heteroatoms. The molecule has 2 atom stereocenters. The van der Waals surface area contributed by atoms with Crippen LogP contribution in [0.3, 0.4) is 0 Å². The van der Waals surface area contributed by atoms with Crippen molar-refractivity contribution >= 4 is 11.8 Å². The zero-order valence-electron chi connectivity index (χ0n) is 19.3. The normalized spacial score (nSPS) is 19.2. The van der Waals surface area contributed by atoms with Gasteiger partial charge in [0, 0.05) is 0 Å². The second-order valence-corrected chi connectivity index (χ2v) is 9.24. The molecule has 2 aliphatic heterocycles. The van der Waals surface area contributed by atoms with E-state index in [0.29, 0.717) is 25.0 Å². The fourth-order valence-electron chi connectivity index (χ4n) is 3.21. The number of ether oxygens (including phenoxy) is 2. The molecule has 0 unspecified atom stereocenters. The first-order valence-electron chi connectivity index (χ1n) is 9.90. The van der Waals surface area contributed by atoms with Crippen LogP contribution in [-0.4, -0.2) is 25.0 Å². The maximum absolute atomic E-state index is 8.49. The Morgan fingerprint density at radius 1 is 0.639 bits per heavy atom. The number of benzene rings is 2. The standard InChI is InChI=1S/C21H22N2O2.2ClHO4.Zn/c1-21(2,19-22-17(13-24-19)15-9-5-3-6-10-15)20-23-18(14-25-20)16-11-7-4-8-12-16;2*2-1(3,4)5;/h3-12,17-18H,13-14H2,1-2H3;2*(H,2,3,4,5);/q;;;+2/p-2/t17-,18-;;;/m1.../s1. The van der Waals surface area contributed by atoms with Gasteiger partial charge in [-0.3, -0.25) is 0 Å².